The number of hydrogen-bond acceptors (Lipinski definition) is 6. The zero-order valence-electron chi connectivity index (χ0n) is 15.6. The third-order valence-corrected chi connectivity index (χ3v) is 6.42. The minimum atomic E-state index is -3.02. The number of nitrogens with zero attached hydrogens (tertiary/aromatic N) is 1. The molecule has 1 aromatic carbocycles. The van der Waals surface area contributed by atoms with Crippen LogP contribution in [0.1, 0.15) is 37.0 Å². The Morgan fingerprint density at radius 1 is 1.22 bits per heavy atom. The summed E-state index contributed by atoms with van der Waals surface area (Å²) in [6.45, 7) is 3.79. The largest absolute Gasteiger partial charge is 0.491 e. The van der Waals surface area contributed by atoms with Crippen LogP contribution in [0.2, 0.25) is 0 Å². The first-order valence-corrected chi connectivity index (χ1v) is 10.7. The van der Waals surface area contributed by atoms with Crippen molar-refractivity contribution < 1.29 is 22.4 Å². The maximum absolute atomic E-state index is 12.8. The van der Waals surface area contributed by atoms with Crippen molar-refractivity contribution in [3.05, 3.63) is 40.2 Å². The standard InChI is InChI=1S/C19H23NO6S/c1-12(2)25-15-5-4-13-10-16(19(22)26-17(13)11-15)18(21)20(3)14-6-8-27(23,24)9-7-14/h4-5,10-12,14H,6-9H2,1-3H3. The first-order valence-electron chi connectivity index (χ1n) is 8.88. The van der Waals surface area contributed by atoms with Crippen LogP contribution in [0.25, 0.3) is 11.0 Å². The van der Waals surface area contributed by atoms with Gasteiger partial charge in [-0.15, -0.1) is 0 Å². The van der Waals surface area contributed by atoms with E-state index in [0.29, 0.717) is 29.6 Å². The van der Waals surface area contributed by atoms with Crippen LogP contribution in [0.15, 0.2) is 33.5 Å². The fourth-order valence-electron chi connectivity index (χ4n) is 3.21. The summed E-state index contributed by atoms with van der Waals surface area (Å²) in [5, 5.41) is 0.619. The van der Waals surface area contributed by atoms with E-state index in [9.17, 15) is 18.0 Å². The minimum Gasteiger partial charge on any atom is -0.491 e. The Labute approximate surface area is 157 Å². The summed E-state index contributed by atoms with van der Waals surface area (Å²) in [4.78, 5) is 26.6. The molecule has 0 atom stereocenters. The molecule has 0 radical (unpaired) electrons. The Hall–Kier alpha value is -2.35. The normalized spacial score (nSPS) is 17.2. The fourth-order valence-corrected chi connectivity index (χ4v) is 4.67. The molecule has 2 aromatic rings. The van der Waals surface area contributed by atoms with E-state index in [1.165, 1.54) is 11.0 Å². The van der Waals surface area contributed by atoms with E-state index in [1.807, 2.05) is 13.8 Å². The first-order chi connectivity index (χ1) is 12.7. The second kappa shape index (κ2) is 7.34. The van der Waals surface area contributed by atoms with E-state index in [-0.39, 0.29) is 29.2 Å². The van der Waals surface area contributed by atoms with Crippen molar-refractivity contribution >= 4 is 26.7 Å². The molecule has 0 bridgehead atoms. The van der Waals surface area contributed by atoms with Gasteiger partial charge in [0.1, 0.15) is 26.7 Å². The van der Waals surface area contributed by atoms with E-state index in [1.54, 1.807) is 25.2 Å². The second-order valence-corrected chi connectivity index (χ2v) is 9.42. The summed E-state index contributed by atoms with van der Waals surface area (Å²) in [5.74, 6) is 0.234. The Kier molecular flexibility index (Phi) is 5.28. The van der Waals surface area contributed by atoms with Crippen LogP contribution in [0.5, 0.6) is 5.75 Å². The Balaban J connectivity index is 1.86. The fraction of sp³-hybridized carbons (Fsp3) is 0.474. The van der Waals surface area contributed by atoms with Crippen molar-refractivity contribution in [1.82, 2.24) is 4.90 Å². The van der Waals surface area contributed by atoms with Gasteiger partial charge in [0.15, 0.2) is 0 Å². The van der Waals surface area contributed by atoms with Gasteiger partial charge >= 0.3 is 5.63 Å². The summed E-state index contributed by atoms with van der Waals surface area (Å²) in [7, 11) is -1.43. The topological polar surface area (TPSA) is 93.9 Å². The van der Waals surface area contributed by atoms with Crippen LogP contribution in [-0.4, -0.2) is 49.9 Å². The Morgan fingerprint density at radius 2 is 1.89 bits per heavy atom. The number of ether oxygens (including phenoxy) is 1. The van der Waals surface area contributed by atoms with Crippen LogP contribution < -0.4 is 10.4 Å². The highest BCUT2D eigenvalue weighted by Gasteiger charge is 2.30. The lowest BCUT2D eigenvalue weighted by molar-refractivity contribution is 0.0717. The maximum Gasteiger partial charge on any atom is 0.349 e. The molecule has 27 heavy (non-hydrogen) atoms. The number of fused-ring (bicyclic) bond motifs is 1. The highest BCUT2D eigenvalue weighted by molar-refractivity contribution is 7.91. The van der Waals surface area contributed by atoms with E-state index in [2.05, 4.69) is 0 Å². The smallest absolute Gasteiger partial charge is 0.349 e. The van der Waals surface area contributed by atoms with Crippen LogP contribution >= 0.6 is 0 Å². The lowest BCUT2D eigenvalue weighted by Gasteiger charge is -2.30. The van der Waals surface area contributed by atoms with Gasteiger partial charge in [-0.2, -0.15) is 0 Å². The van der Waals surface area contributed by atoms with E-state index in [0.717, 1.165) is 0 Å². The molecule has 2 heterocycles. The summed E-state index contributed by atoms with van der Waals surface area (Å²) in [6, 6.07) is 6.42. The molecule has 1 aromatic heterocycles. The van der Waals surface area contributed by atoms with Crippen molar-refractivity contribution in [3.63, 3.8) is 0 Å². The number of hydrogen-bond donors (Lipinski definition) is 0. The van der Waals surface area contributed by atoms with Crippen LogP contribution in [0, 0.1) is 0 Å². The van der Waals surface area contributed by atoms with Gasteiger partial charge in [-0.3, -0.25) is 4.79 Å². The summed E-state index contributed by atoms with van der Waals surface area (Å²) >= 11 is 0. The zero-order valence-corrected chi connectivity index (χ0v) is 16.4. The van der Waals surface area contributed by atoms with Crippen LogP contribution in [0.3, 0.4) is 0 Å². The molecule has 146 valence electrons. The molecule has 8 heteroatoms. The zero-order chi connectivity index (χ0) is 19.8. The molecule has 1 aliphatic rings. The molecule has 1 amide bonds. The summed E-state index contributed by atoms with van der Waals surface area (Å²) in [6.07, 6.45) is 0.738. The summed E-state index contributed by atoms with van der Waals surface area (Å²) in [5.41, 5.74) is -0.429. The molecule has 3 rings (SSSR count). The molecule has 0 N–H and O–H groups in total. The van der Waals surface area contributed by atoms with Gasteiger partial charge in [0.25, 0.3) is 5.91 Å². The predicted molar refractivity (Wildman–Crippen MR) is 102 cm³/mol. The van der Waals surface area contributed by atoms with Crippen molar-refractivity contribution in [2.45, 2.75) is 38.8 Å². The number of carbonyl (C=O) groups is 1. The van der Waals surface area contributed by atoms with Crippen LogP contribution in [0.4, 0.5) is 0 Å². The third kappa shape index (κ3) is 4.32. The molecular weight excluding hydrogens is 370 g/mol. The molecule has 1 aliphatic heterocycles. The lowest BCUT2D eigenvalue weighted by atomic mass is 10.1. The minimum absolute atomic E-state index is 0.0111. The van der Waals surface area contributed by atoms with Crippen molar-refractivity contribution in [3.8, 4) is 5.75 Å². The Bertz CT molecular complexity index is 1010. The first kappa shape index (κ1) is 19.4. The number of amides is 1. The van der Waals surface area contributed by atoms with Crippen molar-refractivity contribution in [1.29, 1.82) is 0 Å². The highest BCUT2D eigenvalue weighted by Crippen LogP contribution is 2.23. The molecule has 1 saturated heterocycles. The van der Waals surface area contributed by atoms with E-state index < -0.39 is 21.4 Å². The molecule has 1 fully saturated rings. The summed E-state index contributed by atoms with van der Waals surface area (Å²) < 4.78 is 34.1. The van der Waals surface area contributed by atoms with Crippen molar-refractivity contribution in [2.24, 2.45) is 0 Å². The average Bonchev–Trinajstić information content (AvgIpc) is 2.59. The Morgan fingerprint density at radius 3 is 2.52 bits per heavy atom. The molecule has 0 saturated carbocycles. The van der Waals surface area contributed by atoms with Gasteiger partial charge in [-0.1, -0.05) is 0 Å². The molecule has 0 spiro atoms. The second-order valence-electron chi connectivity index (χ2n) is 7.11. The van der Waals surface area contributed by atoms with Gasteiger partial charge < -0.3 is 14.1 Å². The van der Waals surface area contributed by atoms with Gasteiger partial charge in [0.2, 0.25) is 0 Å². The monoisotopic (exact) mass is 393 g/mol. The number of rotatable bonds is 4. The maximum atomic E-state index is 12.8. The third-order valence-electron chi connectivity index (χ3n) is 4.70. The highest BCUT2D eigenvalue weighted by atomic mass is 32.2. The molecule has 0 unspecified atom stereocenters. The molecule has 0 aliphatic carbocycles. The SMILES string of the molecule is CC(C)Oc1ccc2cc(C(=O)N(C)C3CCS(=O)(=O)CC3)c(=O)oc2c1. The lowest BCUT2D eigenvalue weighted by Crippen LogP contribution is -2.43. The quantitative estimate of drug-likeness (QED) is 0.740. The molecule has 7 nitrogen and oxygen atoms in total. The van der Waals surface area contributed by atoms with Gasteiger partial charge in [-0.05, 0) is 44.9 Å². The predicted octanol–water partition coefficient (Wildman–Crippen LogP) is 2.23. The number of carbonyl (C=O) groups excluding carboxylic acids is 1. The van der Waals surface area contributed by atoms with Gasteiger partial charge in [0.05, 0.1) is 17.6 Å². The van der Waals surface area contributed by atoms with Gasteiger partial charge in [-0.25, -0.2) is 13.2 Å². The van der Waals surface area contributed by atoms with E-state index in [4.69, 9.17) is 9.15 Å². The van der Waals surface area contributed by atoms with E-state index >= 15 is 0 Å². The van der Waals surface area contributed by atoms with Gasteiger partial charge in [0, 0.05) is 24.5 Å². The van der Waals surface area contributed by atoms with Crippen molar-refractivity contribution in [2.75, 3.05) is 18.6 Å². The molecular formula is C19H23NO6S. The number of benzene rings is 1. The van der Waals surface area contributed by atoms with Crippen LogP contribution in [-0.2, 0) is 9.84 Å². The average molecular weight is 393 g/mol. The number of sulfone groups is 1.